The van der Waals surface area contributed by atoms with Crippen molar-refractivity contribution in [2.24, 2.45) is 17.0 Å². The first kappa shape index (κ1) is 23.7. The minimum absolute atomic E-state index is 0.0406. The van der Waals surface area contributed by atoms with Crippen LogP contribution in [0.2, 0.25) is 0 Å². The molecule has 2 rings (SSSR count). The summed E-state index contributed by atoms with van der Waals surface area (Å²) in [5, 5.41) is 5.96. The van der Waals surface area contributed by atoms with Crippen LogP contribution in [0.15, 0.2) is 28.3 Å². The number of amides is 1. The summed E-state index contributed by atoms with van der Waals surface area (Å²) in [6.07, 6.45) is 0.900. The van der Waals surface area contributed by atoms with Crippen LogP contribution in [-0.4, -0.2) is 47.6 Å². The second kappa shape index (κ2) is 9.95. The average Bonchev–Trinajstić information content (AvgIpc) is 2.95. The minimum atomic E-state index is -3.79. The van der Waals surface area contributed by atoms with Gasteiger partial charge in [-0.15, -0.1) is 0 Å². The number of rotatable bonds is 10. The van der Waals surface area contributed by atoms with Gasteiger partial charge in [0.15, 0.2) is 5.16 Å². The first-order chi connectivity index (χ1) is 13.5. The zero-order valence-corrected chi connectivity index (χ0v) is 19.5. The van der Waals surface area contributed by atoms with Crippen LogP contribution in [-0.2, 0) is 21.4 Å². The van der Waals surface area contributed by atoms with Gasteiger partial charge < -0.3 is 9.47 Å². The lowest BCUT2D eigenvalue weighted by Gasteiger charge is -2.26. The molecule has 0 atom stereocenters. The Morgan fingerprint density at radius 2 is 1.83 bits per heavy atom. The van der Waals surface area contributed by atoms with E-state index in [1.54, 1.807) is 6.07 Å². The number of thioether (sulfide) groups is 1. The normalized spacial score (nSPS) is 12.3. The molecule has 0 unspecified atom stereocenters. The van der Waals surface area contributed by atoms with Gasteiger partial charge in [0, 0.05) is 19.6 Å². The predicted octanol–water partition coefficient (Wildman–Crippen LogP) is 3.33. The number of carbonyl (C=O) groups excluding carboxylic acids is 1. The third-order valence-electron chi connectivity index (χ3n) is 4.31. The van der Waals surface area contributed by atoms with E-state index >= 15 is 0 Å². The Labute approximate surface area is 178 Å². The molecule has 2 aromatic rings. The molecule has 0 saturated heterocycles. The average molecular weight is 441 g/mol. The van der Waals surface area contributed by atoms with E-state index in [1.807, 2.05) is 9.47 Å². The van der Waals surface area contributed by atoms with Crippen molar-refractivity contribution < 1.29 is 13.2 Å². The SMILES string of the molecule is CCCn1c(SCC(=O)N(CC(C)C)CC(C)C)nc2cc(S(N)(=O)=O)ccc21. The van der Waals surface area contributed by atoms with Crippen molar-refractivity contribution in [1.29, 1.82) is 0 Å². The lowest BCUT2D eigenvalue weighted by atomic mass is 10.1. The molecule has 0 aliphatic carbocycles. The van der Waals surface area contributed by atoms with Crippen molar-refractivity contribution in [1.82, 2.24) is 14.5 Å². The van der Waals surface area contributed by atoms with Gasteiger partial charge in [-0.2, -0.15) is 0 Å². The number of nitrogens with two attached hydrogens (primary N) is 1. The van der Waals surface area contributed by atoms with Gasteiger partial charge in [-0.05, 0) is 36.5 Å². The minimum Gasteiger partial charge on any atom is -0.341 e. The van der Waals surface area contributed by atoms with Crippen molar-refractivity contribution in [3.05, 3.63) is 18.2 Å². The third-order valence-corrected chi connectivity index (χ3v) is 6.18. The first-order valence-electron chi connectivity index (χ1n) is 9.96. The number of imidazole rings is 1. The molecule has 1 heterocycles. The van der Waals surface area contributed by atoms with Crippen LogP contribution < -0.4 is 5.14 Å². The number of primary sulfonamides is 1. The number of aryl methyl sites for hydroxylation is 1. The molecule has 0 radical (unpaired) electrons. The number of aromatic nitrogens is 2. The Morgan fingerprint density at radius 3 is 2.34 bits per heavy atom. The van der Waals surface area contributed by atoms with Gasteiger partial charge in [0.25, 0.3) is 0 Å². The molecule has 7 nitrogen and oxygen atoms in total. The van der Waals surface area contributed by atoms with Gasteiger partial charge in [-0.3, -0.25) is 4.79 Å². The molecule has 1 amide bonds. The van der Waals surface area contributed by atoms with Gasteiger partial charge in [-0.1, -0.05) is 46.4 Å². The standard InChI is InChI=1S/C20H32N4O3S2/c1-6-9-24-18-8-7-16(29(21,26)27)10-17(18)22-20(24)28-13-19(25)23(11-14(2)3)12-15(4)5/h7-8,10,14-15H,6,9,11-13H2,1-5H3,(H2,21,26,27). The van der Waals surface area contributed by atoms with Gasteiger partial charge >= 0.3 is 0 Å². The van der Waals surface area contributed by atoms with Crippen LogP contribution in [0.1, 0.15) is 41.0 Å². The van der Waals surface area contributed by atoms with E-state index in [1.165, 1.54) is 23.9 Å². The molecule has 0 saturated carbocycles. The molecular weight excluding hydrogens is 408 g/mol. The Balaban J connectivity index is 2.27. The molecule has 162 valence electrons. The molecule has 1 aromatic carbocycles. The first-order valence-corrected chi connectivity index (χ1v) is 12.5. The van der Waals surface area contributed by atoms with Crippen molar-refractivity contribution >= 4 is 38.7 Å². The second-order valence-electron chi connectivity index (χ2n) is 8.12. The molecule has 29 heavy (non-hydrogen) atoms. The van der Waals surface area contributed by atoms with E-state index in [2.05, 4.69) is 39.6 Å². The van der Waals surface area contributed by atoms with Crippen LogP contribution in [0.4, 0.5) is 0 Å². The monoisotopic (exact) mass is 440 g/mol. The topological polar surface area (TPSA) is 98.3 Å². The van der Waals surface area contributed by atoms with E-state index < -0.39 is 10.0 Å². The van der Waals surface area contributed by atoms with Crippen LogP contribution in [0, 0.1) is 11.8 Å². The number of sulfonamides is 1. The van der Waals surface area contributed by atoms with Gasteiger partial charge in [-0.25, -0.2) is 18.5 Å². The quantitative estimate of drug-likeness (QED) is 0.572. The number of nitrogens with zero attached hydrogens (tertiary/aromatic N) is 3. The highest BCUT2D eigenvalue weighted by Gasteiger charge is 2.19. The Bertz CT molecular complexity index is 942. The number of hydrogen-bond acceptors (Lipinski definition) is 5. The maximum Gasteiger partial charge on any atom is 0.238 e. The van der Waals surface area contributed by atoms with Crippen molar-refractivity contribution in [2.45, 2.75) is 57.6 Å². The molecule has 0 bridgehead atoms. The fourth-order valence-electron chi connectivity index (χ4n) is 3.19. The number of hydrogen-bond donors (Lipinski definition) is 1. The summed E-state index contributed by atoms with van der Waals surface area (Å²) in [4.78, 5) is 19.4. The second-order valence-corrected chi connectivity index (χ2v) is 10.6. The maximum absolute atomic E-state index is 12.8. The highest BCUT2D eigenvalue weighted by atomic mass is 32.2. The summed E-state index contributed by atoms with van der Waals surface area (Å²) >= 11 is 1.40. The lowest BCUT2D eigenvalue weighted by molar-refractivity contribution is -0.129. The van der Waals surface area contributed by atoms with Crippen molar-refractivity contribution in [2.75, 3.05) is 18.8 Å². The summed E-state index contributed by atoms with van der Waals surface area (Å²) in [5.74, 6) is 1.21. The van der Waals surface area contributed by atoms with E-state index in [4.69, 9.17) is 5.14 Å². The fraction of sp³-hybridized carbons (Fsp3) is 0.600. The van der Waals surface area contributed by atoms with Gasteiger partial charge in [0.2, 0.25) is 15.9 Å². The molecule has 2 N–H and O–H groups in total. The van der Waals surface area contributed by atoms with Crippen molar-refractivity contribution in [3.8, 4) is 0 Å². The molecular formula is C20H32N4O3S2. The molecule has 0 aliphatic rings. The maximum atomic E-state index is 12.8. The van der Waals surface area contributed by atoms with Crippen LogP contribution in [0.3, 0.4) is 0 Å². The van der Waals surface area contributed by atoms with E-state index in [9.17, 15) is 13.2 Å². The molecule has 9 heteroatoms. The van der Waals surface area contributed by atoms with E-state index in [0.29, 0.717) is 23.1 Å². The van der Waals surface area contributed by atoms with Crippen LogP contribution >= 0.6 is 11.8 Å². The zero-order valence-electron chi connectivity index (χ0n) is 17.9. The fourth-order valence-corrected chi connectivity index (χ4v) is 4.67. The smallest absolute Gasteiger partial charge is 0.238 e. The summed E-state index contributed by atoms with van der Waals surface area (Å²) in [6, 6.07) is 4.72. The molecule has 0 fully saturated rings. The van der Waals surface area contributed by atoms with Gasteiger partial charge in [0.05, 0.1) is 21.7 Å². The summed E-state index contributed by atoms with van der Waals surface area (Å²) in [5.41, 5.74) is 1.41. The third kappa shape index (κ3) is 6.45. The summed E-state index contributed by atoms with van der Waals surface area (Å²) in [7, 11) is -3.79. The molecule has 0 aliphatic heterocycles. The van der Waals surface area contributed by atoms with Crippen LogP contribution in [0.25, 0.3) is 11.0 Å². The predicted molar refractivity (Wildman–Crippen MR) is 118 cm³/mol. The lowest BCUT2D eigenvalue weighted by Crippen LogP contribution is -2.38. The highest BCUT2D eigenvalue weighted by molar-refractivity contribution is 7.99. The highest BCUT2D eigenvalue weighted by Crippen LogP contribution is 2.26. The van der Waals surface area contributed by atoms with E-state index in [0.717, 1.165) is 36.7 Å². The summed E-state index contributed by atoms with van der Waals surface area (Å²) < 4.78 is 25.3. The Kier molecular flexibility index (Phi) is 8.13. The van der Waals surface area contributed by atoms with Crippen molar-refractivity contribution in [3.63, 3.8) is 0 Å². The Hall–Kier alpha value is -1.58. The number of benzene rings is 1. The summed E-state index contributed by atoms with van der Waals surface area (Å²) in [6.45, 7) is 12.7. The number of carbonyl (C=O) groups is 1. The number of fused-ring (bicyclic) bond motifs is 1. The van der Waals surface area contributed by atoms with E-state index in [-0.39, 0.29) is 10.8 Å². The largest absolute Gasteiger partial charge is 0.341 e. The molecule has 0 spiro atoms. The Morgan fingerprint density at radius 1 is 1.21 bits per heavy atom. The molecule has 1 aromatic heterocycles. The van der Waals surface area contributed by atoms with Gasteiger partial charge in [0.1, 0.15) is 0 Å². The van der Waals surface area contributed by atoms with Crippen LogP contribution in [0.5, 0.6) is 0 Å². The zero-order chi connectivity index (χ0) is 21.8.